The predicted molar refractivity (Wildman–Crippen MR) is 85.7 cm³/mol. The third-order valence-electron chi connectivity index (χ3n) is 3.43. The summed E-state index contributed by atoms with van der Waals surface area (Å²) in [6, 6.07) is 7.16. The van der Waals surface area contributed by atoms with E-state index in [2.05, 4.69) is 27.9 Å². The Bertz CT molecular complexity index is 514. The topological polar surface area (TPSA) is 64.6 Å². The van der Waals surface area contributed by atoms with Crippen molar-refractivity contribution in [2.75, 3.05) is 20.3 Å². The van der Waals surface area contributed by atoms with Crippen molar-refractivity contribution in [1.29, 1.82) is 0 Å². The number of benzene rings is 1. The Balaban J connectivity index is 2.03. The highest BCUT2D eigenvalue weighted by molar-refractivity contribution is 14.1. The van der Waals surface area contributed by atoms with Gasteiger partial charge in [0.1, 0.15) is 6.04 Å². The third-order valence-corrected chi connectivity index (χ3v) is 4.10. The number of halogens is 1. The lowest BCUT2D eigenvalue weighted by Crippen LogP contribution is -2.45. The predicted octanol–water partition coefficient (Wildman–Crippen LogP) is 1.53. The van der Waals surface area contributed by atoms with Gasteiger partial charge in [0.15, 0.2) is 0 Å². The van der Waals surface area contributed by atoms with Gasteiger partial charge in [-0.2, -0.15) is 0 Å². The van der Waals surface area contributed by atoms with Gasteiger partial charge in [0, 0.05) is 16.6 Å². The number of esters is 1. The fourth-order valence-electron chi connectivity index (χ4n) is 2.27. The number of nitrogens with one attached hydrogen (secondary N) is 1. The molecule has 1 heterocycles. The van der Waals surface area contributed by atoms with Crippen molar-refractivity contribution in [2.24, 2.45) is 5.92 Å². The van der Waals surface area contributed by atoms with Crippen LogP contribution in [0.25, 0.3) is 0 Å². The first-order valence-electron chi connectivity index (χ1n) is 6.80. The highest BCUT2D eigenvalue weighted by Gasteiger charge is 2.28. The van der Waals surface area contributed by atoms with E-state index in [1.54, 1.807) is 0 Å². The first kappa shape index (κ1) is 16.2. The quantitative estimate of drug-likeness (QED) is 0.599. The first-order valence-corrected chi connectivity index (χ1v) is 7.88. The second-order valence-electron chi connectivity index (χ2n) is 4.98. The molecule has 0 spiro atoms. The molecule has 0 radical (unpaired) electrons. The minimum atomic E-state index is -0.665. The summed E-state index contributed by atoms with van der Waals surface area (Å²) in [5.74, 6) is -0.747. The molecule has 114 valence electrons. The number of ether oxygens (including phenoxy) is 2. The molecule has 1 saturated heterocycles. The molecule has 1 aliphatic rings. The molecule has 2 atom stereocenters. The number of rotatable bonds is 5. The van der Waals surface area contributed by atoms with E-state index >= 15 is 0 Å². The molecule has 1 aliphatic heterocycles. The lowest BCUT2D eigenvalue weighted by molar-refractivity contribution is -0.145. The lowest BCUT2D eigenvalue weighted by atomic mass is 10.0. The Hall–Kier alpha value is -1.15. The van der Waals surface area contributed by atoms with Crippen LogP contribution in [0.15, 0.2) is 24.3 Å². The summed E-state index contributed by atoms with van der Waals surface area (Å²) in [5, 5.41) is 2.78. The fraction of sp³-hybridized carbons (Fsp3) is 0.467. The zero-order chi connectivity index (χ0) is 15.2. The number of hydrogen-bond donors (Lipinski definition) is 1. The van der Waals surface area contributed by atoms with Crippen LogP contribution in [0.3, 0.4) is 0 Å². The molecule has 0 aromatic heterocycles. The summed E-state index contributed by atoms with van der Waals surface area (Å²) < 4.78 is 11.1. The largest absolute Gasteiger partial charge is 0.467 e. The molecule has 5 nitrogen and oxygen atoms in total. The Morgan fingerprint density at radius 2 is 2.33 bits per heavy atom. The van der Waals surface area contributed by atoms with Crippen LogP contribution in [0.5, 0.6) is 0 Å². The van der Waals surface area contributed by atoms with Gasteiger partial charge in [-0.3, -0.25) is 4.79 Å². The van der Waals surface area contributed by atoms with Crippen LogP contribution in [-0.2, 0) is 25.5 Å². The summed E-state index contributed by atoms with van der Waals surface area (Å²) in [4.78, 5) is 24.0. The van der Waals surface area contributed by atoms with Gasteiger partial charge in [-0.15, -0.1) is 0 Å². The number of amides is 1. The zero-order valence-corrected chi connectivity index (χ0v) is 14.0. The minimum Gasteiger partial charge on any atom is -0.467 e. The number of carbonyl (C=O) groups is 2. The highest BCUT2D eigenvalue weighted by Crippen LogP contribution is 2.14. The SMILES string of the molecule is COC(=O)[C@H](Cc1cccc(I)c1)NC(=O)[C@H]1CCOC1. The second kappa shape index (κ2) is 7.74. The van der Waals surface area contributed by atoms with Crippen LogP contribution in [-0.4, -0.2) is 38.2 Å². The second-order valence-corrected chi connectivity index (χ2v) is 6.22. The van der Waals surface area contributed by atoms with Crippen LogP contribution >= 0.6 is 22.6 Å². The van der Waals surface area contributed by atoms with Crippen LogP contribution in [0.2, 0.25) is 0 Å². The molecule has 0 aliphatic carbocycles. The molecular formula is C15H18INO4. The van der Waals surface area contributed by atoms with Gasteiger partial charge in [-0.1, -0.05) is 12.1 Å². The standard InChI is InChI=1S/C15H18INO4/c1-20-15(19)13(8-10-3-2-4-12(16)7-10)17-14(18)11-5-6-21-9-11/h2-4,7,11,13H,5-6,8-9H2,1H3,(H,17,18)/t11-,13-/m0/s1. The Morgan fingerprint density at radius 1 is 1.52 bits per heavy atom. The smallest absolute Gasteiger partial charge is 0.328 e. The van der Waals surface area contributed by atoms with Crippen molar-refractivity contribution in [3.8, 4) is 0 Å². The third kappa shape index (κ3) is 4.67. The van der Waals surface area contributed by atoms with E-state index in [4.69, 9.17) is 9.47 Å². The molecule has 6 heteroatoms. The highest BCUT2D eigenvalue weighted by atomic mass is 127. The van der Waals surface area contributed by atoms with E-state index < -0.39 is 12.0 Å². The summed E-state index contributed by atoms with van der Waals surface area (Å²) in [6.45, 7) is 1.01. The summed E-state index contributed by atoms with van der Waals surface area (Å²) in [7, 11) is 1.33. The number of methoxy groups -OCH3 is 1. The van der Waals surface area contributed by atoms with Crippen LogP contribution in [0.4, 0.5) is 0 Å². The summed E-state index contributed by atoms with van der Waals surface area (Å²) in [5.41, 5.74) is 0.986. The molecular weight excluding hydrogens is 385 g/mol. The van der Waals surface area contributed by atoms with Gasteiger partial charge in [0.2, 0.25) is 5.91 Å². The van der Waals surface area contributed by atoms with Crippen LogP contribution in [0.1, 0.15) is 12.0 Å². The van der Waals surface area contributed by atoms with Gasteiger partial charge >= 0.3 is 5.97 Å². The van der Waals surface area contributed by atoms with Crippen molar-refractivity contribution in [1.82, 2.24) is 5.32 Å². The monoisotopic (exact) mass is 403 g/mol. The van der Waals surface area contributed by atoms with Crippen LogP contribution < -0.4 is 5.32 Å². The molecule has 2 rings (SSSR count). The van der Waals surface area contributed by atoms with Gasteiger partial charge < -0.3 is 14.8 Å². The van der Waals surface area contributed by atoms with Crippen molar-refractivity contribution in [3.05, 3.63) is 33.4 Å². The van der Waals surface area contributed by atoms with Crippen LogP contribution in [0, 0.1) is 9.49 Å². The van der Waals surface area contributed by atoms with Gasteiger partial charge in [0.25, 0.3) is 0 Å². The molecule has 21 heavy (non-hydrogen) atoms. The molecule has 1 N–H and O–H groups in total. The Morgan fingerprint density at radius 3 is 2.95 bits per heavy atom. The van der Waals surface area contributed by atoms with E-state index in [9.17, 15) is 9.59 Å². The Kier molecular flexibility index (Phi) is 5.98. The summed E-state index contributed by atoms with van der Waals surface area (Å²) in [6.07, 6.45) is 1.12. The molecule has 1 amide bonds. The minimum absolute atomic E-state index is 0.145. The van der Waals surface area contributed by atoms with E-state index in [1.807, 2.05) is 24.3 Å². The molecule has 1 fully saturated rings. The molecule has 1 aromatic carbocycles. The molecule has 0 bridgehead atoms. The molecule has 0 unspecified atom stereocenters. The van der Waals surface area contributed by atoms with Gasteiger partial charge in [-0.05, 0) is 46.7 Å². The van der Waals surface area contributed by atoms with Crippen molar-refractivity contribution in [2.45, 2.75) is 18.9 Å². The van der Waals surface area contributed by atoms with E-state index in [0.29, 0.717) is 26.1 Å². The van der Waals surface area contributed by atoms with Crippen molar-refractivity contribution in [3.63, 3.8) is 0 Å². The van der Waals surface area contributed by atoms with Crippen molar-refractivity contribution < 1.29 is 19.1 Å². The maximum absolute atomic E-state index is 12.1. The number of hydrogen-bond acceptors (Lipinski definition) is 4. The summed E-state index contributed by atoms with van der Waals surface area (Å²) >= 11 is 2.22. The normalized spacial score (nSPS) is 19.0. The average molecular weight is 403 g/mol. The molecule has 0 saturated carbocycles. The van der Waals surface area contributed by atoms with Gasteiger partial charge in [0.05, 0.1) is 19.6 Å². The maximum atomic E-state index is 12.1. The maximum Gasteiger partial charge on any atom is 0.328 e. The Labute approximate surface area is 137 Å². The zero-order valence-electron chi connectivity index (χ0n) is 11.8. The van der Waals surface area contributed by atoms with E-state index in [0.717, 1.165) is 9.13 Å². The van der Waals surface area contributed by atoms with E-state index in [-0.39, 0.29) is 11.8 Å². The lowest BCUT2D eigenvalue weighted by Gasteiger charge is -2.18. The fourth-order valence-corrected chi connectivity index (χ4v) is 2.87. The number of carbonyl (C=O) groups excluding carboxylic acids is 2. The van der Waals surface area contributed by atoms with Crippen molar-refractivity contribution >= 4 is 34.5 Å². The van der Waals surface area contributed by atoms with E-state index in [1.165, 1.54) is 7.11 Å². The first-order chi connectivity index (χ1) is 10.1. The van der Waals surface area contributed by atoms with Gasteiger partial charge in [-0.25, -0.2) is 4.79 Å². The average Bonchev–Trinajstić information content (AvgIpc) is 3.00. The molecule has 1 aromatic rings.